The van der Waals surface area contributed by atoms with Crippen LogP contribution in [0.3, 0.4) is 0 Å². The molecule has 0 radical (unpaired) electrons. The quantitative estimate of drug-likeness (QED) is 0.679. The maximum absolute atomic E-state index is 12.2. The maximum atomic E-state index is 12.2. The fourth-order valence-corrected chi connectivity index (χ4v) is 2.24. The van der Waals surface area contributed by atoms with Gasteiger partial charge in [0.25, 0.3) is 0 Å². The SMILES string of the molecule is Cl.NC1(C(F)(F)F)CCSCC1. The first kappa shape index (κ1) is 12.4. The molecular formula is C6H11ClF3NS. The van der Waals surface area contributed by atoms with Crippen molar-refractivity contribution >= 4 is 24.2 Å². The van der Waals surface area contributed by atoms with Gasteiger partial charge in [-0.1, -0.05) is 0 Å². The lowest BCUT2D eigenvalue weighted by Gasteiger charge is -2.34. The Morgan fingerprint density at radius 3 is 1.83 bits per heavy atom. The lowest BCUT2D eigenvalue weighted by molar-refractivity contribution is -0.187. The molecule has 6 heteroatoms. The van der Waals surface area contributed by atoms with Gasteiger partial charge < -0.3 is 5.73 Å². The summed E-state index contributed by atoms with van der Waals surface area (Å²) >= 11 is 1.53. The Bertz CT molecular complexity index is 144. The molecule has 0 aliphatic carbocycles. The van der Waals surface area contributed by atoms with E-state index >= 15 is 0 Å². The van der Waals surface area contributed by atoms with Crippen LogP contribution in [0.15, 0.2) is 0 Å². The van der Waals surface area contributed by atoms with Crippen molar-refractivity contribution in [3.05, 3.63) is 0 Å². The Morgan fingerprint density at radius 1 is 1.17 bits per heavy atom. The van der Waals surface area contributed by atoms with Crippen molar-refractivity contribution in [3.8, 4) is 0 Å². The first-order valence-electron chi connectivity index (χ1n) is 3.39. The molecule has 0 bridgehead atoms. The van der Waals surface area contributed by atoms with Crippen LogP contribution < -0.4 is 5.73 Å². The highest BCUT2D eigenvalue weighted by atomic mass is 35.5. The van der Waals surface area contributed by atoms with E-state index in [0.717, 1.165) is 0 Å². The number of hydrogen-bond donors (Lipinski definition) is 1. The van der Waals surface area contributed by atoms with Gasteiger partial charge in [-0.2, -0.15) is 24.9 Å². The third-order valence-corrected chi connectivity index (χ3v) is 2.94. The molecule has 1 aliphatic rings. The van der Waals surface area contributed by atoms with Crippen LogP contribution in [-0.4, -0.2) is 23.2 Å². The Balaban J connectivity index is 0.00000121. The van der Waals surface area contributed by atoms with Crippen molar-refractivity contribution in [1.82, 2.24) is 0 Å². The number of halogens is 4. The molecule has 0 saturated carbocycles. The summed E-state index contributed by atoms with van der Waals surface area (Å²) in [5.74, 6) is 1.05. The minimum Gasteiger partial charge on any atom is -0.318 e. The number of rotatable bonds is 0. The summed E-state index contributed by atoms with van der Waals surface area (Å²) in [5, 5.41) is 0. The second-order valence-corrected chi connectivity index (χ2v) is 3.99. The van der Waals surface area contributed by atoms with Crippen LogP contribution in [0.1, 0.15) is 12.8 Å². The van der Waals surface area contributed by atoms with Crippen molar-refractivity contribution in [1.29, 1.82) is 0 Å². The van der Waals surface area contributed by atoms with Gasteiger partial charge in [0.1, 0.15) is 5.54 Å². The number of hydrogen-bond acceptors (Lipinski definition) is 2. The molecule has 1 nitrogen and oxygen atoms in total. The fourth-order valence-electron chi connectivity index (χ4n) is 1.02. The van der Waals surface area contributed by atoms with Gasteiger partial charge in [0.2, 0.25) is 0 Å². The monoisotopic (exact) mass is 221 g/mol. The van der Waals surface area contributed by atoms with E-state index in [9.17, 15) is 13.2 Å². The molecule has 1 saturated heterocycles. The van der Waals surface area contributed by atoms with Crippen LogP contribution >= 0.6 is 24.2 Å². The third-order valence-electron chi connectivity index (χ3n) is 1.95. The molecule has 1 fully saturated rings. The molecule has 0 aromatic rings. The lowest BCUT2D eigenvalue weighted by atomic mass is 9.93. The molecule has 0 aromatic heterocycles. The predicted molar refractivity (Wildman–Crippen MR) is 46.8 cm³/mol. The summed E-state index contributed by atoms with van der Waals surface area (Å²) in [7, 11) is 0. The molecule has 0 atom stereocenters. The molecule has 2 N–H and O–H groups in total. The lowest BCUT2D eigenvalue weighted by Crippen LogP contribution is -2.55. The molecule has 0 amide bonds. The fraction of sp³-hybridized carbons (Fsp3) is 1.00. The van der Waals surface area contributed by atoms with E-state index in [1.807, 2.05) is 0 Å². The van der Waals surface area contributed by atoms with E-state index in [1.165, 1.54) is 11.8 Å². The van der Waals surface area contributed by atoms with Crippen LogP contribution in [0.5, 0.6) is 0 Å². The molecule has 0 spiro atoms. The third kappa shape index (κ3) is 2.44. The Morgan fingerprint density at radius 2 is 1.58 bits per heavy atom. The first-order valence-corrected chi connectivity index (χ1v) is 4.54. The van der Waals surface area contributed by atoms with Crippen LogP contribution in [0.4, 0.5) is 13.2 Å². The highest BCUT2D eigenvalue weighted by Crippen LogP contribution is 2.38. The second kappa shape index (κ2) is 4.07. The highest BCUT2D eigenvalue weighted by molar-refractivity contribution is 7.99. The molecule has 12 heavy (non-hydrogen) atoms. The van der Waals surface area contributed by atoms with Gasteiger partial charge in [0.15, 0.2) is 0 Å². The summed E-state index contributed by atoms with van der Waals surface area (Å²) in [5.41, 5.74) is 3.29. The van der Waals surface area contributed by atoms with E-state index in [0.29, 0.717) is 11.5 Å². The van der Waals surface area contributed by atoms with Crippen molar-refractivity contribution in [3.63, 3.8) is 0 Å². The number of nitrogens with two attached hydrogens (primary N) is 1. The van der Waals surface area contributed by atoms with Crippen molar-refractivity contribution in [2.24, 2.45) is 5.73 Å². The van der Waals surface area contributed by atoms with Crippen molar-refractivity contribution in [2.45, 2.75) is 24.6 Å². The van der Waals surface area contributed by atoms with Crippen molar-refractivity contribution < 1.29 is 13.2 Å². The second-order valence-electron chi connectivity index (χ2n) is 2.77. The normalized spacial score (nSPS) is 23.0. The van der Waals surface area contributed by atoms with Crippen LogP contribution in [0, 0.1) is 0 Å². The number of alkyl halides is 3. The van der Waals surface area contributed by atoms with Gasteiger partial charge in [-0.05, 0) is 24.3 Å². The van der Waals surface area contributed by atoms with Gasteiger partial charge in [0, 0.05) is 0 Å². The van der Waals surface area contributed by atoms with E-state index in [2.05, 4.69) is 0 Å². The largest absolute Gasteiger partial charge is 0.406 e. The minimum absolute atomic E-state index is 0. The molecule has 1 heterocycles. The maximum Gasteiger partial charge on any atom is 0.406 e. The van der Waals surface area contributed by atoms with Gasteiger partial charge in [0.05, 0.1) is 0 Å². The zero-order chi connectivity index (χ0) is 8.54. The summed E-state index contributed by atoms with van der Waals surface area (Å²) in [6.45, 7) is 0. The van der Waals surface area contributed by atoms with Crippen LogP contribution in [0.2, 0.25) is 0 Å². The minimum atomic E-state index is -4.23. The smallest absolute Gasteiger partial charge is 0.318 e. The van der Waals surface area contributed by atoms with Gasteiger partial charge >= 0.3 is 6.18 Å². The van der Waals surface area contributed by atoms with Crippen LogP contribution in [-0.2, 0) is 0 Å². The zero-order valence-corrected chi connectivity index (χ0v) is 7.99. The van der Waals surface area contributed by atoms with E-state index in [1.54, 1.807) is 0 Å². The summed E-state index contributed by atoms with van der Waals surface area (Å²) in [6, 6.07) is 0. The van der Waals surface area contributed by atoms with E-state index in [-0.39, 0.29) is 25.2 Å². The van der Waals surface area contributed by atoms with Crippen LogP contribution in [0.25, 0.3) is 0 Å². The van der Waals surface area contributed by atoms with Crippen molar-refractivity contribution in [2.75, 3.05) is 11.5 Å². The molecule has 0 unspecified atom stereocenters. The zero-order valence-electron chi connectivity index (χ0n) is 6.36. The highest BCUT2D eigenvalue weighted by Gasteiger charge is 2.51. The summed E-state index contributed by atoms with van der Waals surface area (Å²) < 4.78 is 36.6. The van der Waals surface area contributed by atoms with Gasteiger partial charge in [-0.25, -0.2) is 0 Å². The average molecular weight is 222 g/mol. The number of thioether (sulfide) groups is 1. The Labute approximate surface area is 79.7 Å². The Hall–Kier alpha value is 0.390. The summed E-state index contributed by atoms with van der Waals surface area (Å²) in [4.78, 5) is 0. The summed E-state index contributed by atoms with van der Waals surface area (Å²) in [6.07, 6.45) is -4.11. The molecule has 1 aliphatic heterocycles. The standard InChI is InChI=1S/C6H10F3NS.ClH/c7-6(8,9)5(10)1-3-11-4-2-5;/h1-4,10H2;1H. The molecule has 1 rings (SSSR count). The first-order chi connectivity index (χ1) is 4.96. The Kier molecular flexibility index (Phi) is 4.20. The molecule has 0 aromatic carbocycles. The van der Waals surface area contributed by atoms with E-state index in [4.69, 9.17) is 5.73 Å². The molecular weight excluding hydrogens is 211 g/mol. The molecule has 74 valence electrons. The predicted octanol–water partition coefficient (Wildman–Crippen LogP) is 2.20. The van der Waals surface area contributed by atoms with Gasteiger partial charge in [-0.3, -0.25) is 0 Å². The van der Waals surface area contributed by atoms with E-state index < -0.39 is 11.7 Å². The van der Waals surface area contributed by atoms with Gasteiger partial charge in [-0.15, -0.1) is 12.4 Å². The topological polar surface area (TPSA) is 26.0 Å². The average Bonchev–Trinajstić information content (AvgIpc) is 1.87.